The summed E-state index contributed by atoms with van der Waals surface area (Å²) in [5, 5.41) is 3.08. The summed E-state index contributed by atoms with van der Waals surface area (Å²) in [6, 6.07) is 15.4. The van der Waals surface area contributed by atoms with E-state index in [2.05, 4.69) is 23.2 Å². The Morgan fingerprint density at radius 3 is 2.65 bits per heavy atom. The molecule has 138 valence electrons. The number of piperidine rings is 1. The van der Waals surface area contributed by atoms with Gasteiger partial charge in [-0.3, -0.25) is 4.79 Å². The van der Waals surface area contributed by atoms with Crippen LogP contribution in [0.2, 0.25) is 0 Å². The number of nitrogens with one attached hydrogen (secondary N) is 1. The third kappa shape index (κ3) is 4.57. The lowest BCUT2D eigenvalue weighted by molar-refractivity contribution is 0.102. The summed E-state index contributed by atoms with van der Waals surface area (Å²) in [5.74, 6) is 0.625. The number of amides is 1. The SMILES string of the molecule is CC[C@@H](C)Oc1cccc(C(=O)Nc2ccccc2N2CCCCC2)c1. The molecule has 0 saturated carbocycles. The van der Waals surface area contributed by atoms with Crippen LogP contribution in [0.15, 0.2) is 48.5 Å². The highest BCUT2D eigenvalue weighted by Gasteiger charge is 2.16. The van der Waals surface area contributed by atoms with Gasteiger partial charge in [0.2, 0.25) is 0 Å². The van der Waals surface area contributed by atoms with Crippen LogP contribution in [0.3, 0.4) is 0 Å². The molecule has 0 aliphatic carbocycles. The molecule has 26 heavy (non-hydrogen) atoms. The van der Waals surface area contributed by atoms with Crippen molar-refractivity contribution >= 4 is 17.3 Å². The van der Waals surface area contributed by atoms with E-state index in [1.165, 1.54) is 19.3 Å². The van der Waals surface area contributed by atoms with Gasteiger partial charge >= 0.3 is 0 Å². The van der Waals surface area contributed by atoms with Crippen LogP contribution in [0, 0.1) is 0 Å². The van der Waals surface area contributed by atoms with Gasteiger partial charge in [0.1, 0.15) is 5.75 Å². The number of hydrogen-bond donors (Lipinski definition) is 1. The first-order valence-electron chi connectivity index (χ1n) is 9.59. The number of nitrogens with zero attached hydrogens (tertiary/aromatic N) is 1. The van der Waals surface area contributed by atoms with Gasteiger partial charge in [0.25, 0.3) is 5.91 Å². The Kier molecular flexibility index (Phi) is 6.16. The lowest BCUT2D eigenvalue weighted by atomic mass is 10.1. The highest BCUT2D eigenvalue weighted by Crippen LogP contribution is 2.29. The van der Waals surface area contributed by atoms with Crippen LogP contribution < -0.4 is 15.0 Å². The minimum absolute atomic E-state index is 0.107. The van der Waals surface area contributed by atoms with E-state index in [-0.39, 0.29) is 12.0 Å². The summed E-state index contributed by atoms with van der Waals surface area (Å²) in [4.78, 5) is 15.1. The summed E-state index contributed by atoms with van der Waals surface area (Å²) < 4.78 is 5.84. The fraction of sp³-hybridized carbons (Fsp3) is 0.409. The first-order valence-corrected chi connectivity index (χ1v) is 9.59. The summed E-state index contributed by atoms with van der Waals surface area (Å²) in [5.41, 5.74) is 2.58. The predicted molar refractivity (Wildman–Crippen MR) is 107 cm³/mol. The molecule has 0 spiro atoms. The zero-order chi connectivity index (χ0) is 18.4. The molecular formula is C22H28N2O2. The lowest BCUT2D eigenvalue weighted by Gasteiger charge is -2.30. The van der Waals surface area contributed by atoms with Crippen molar-refractivity contribution in [2.45, 2.75) is 45.6 Å². The average molecular weight is 352 g/mol. The molecule has 1 atom stereocenters. The highest BCUT2D eigenvalue weighted by molar-refractivity contribution is 6.06. The van der Waals surface area contributed by atoms with Gasteiger partial charge in [-0.15, -0.1) is 0 Å². The summed E-state index contributed by atoms with van der Waals surface area (Å²) >= 11 is 0. The van der Waals surface area contributed by atoms with E-state index in [0.29, 0.717) is 5.56 Å². The maximum atomic E-state index is 12.8. The van der Waals surface area contributed by atoms with Gasteiger partial charge < -0.3 is 15.0 Å². The third-order valence-corrected chi connectivity index (χ3v) is 4.86. The van der Waals surface area contributed by atoms with Crippen LogP contribution in [0.5, 0.6) is 5.75 Å². The monoisotopic (exact) mass is 352 g/mol. The molecule has 2 aromatic carbocycles. The molecule has 4 nitrogen and oxygen atoms in total. The Morgan fingerprint density at radius 2 is 1.88 bits per heavy atom. The molecule has 1 aliphatic rings. The standard InChI is InChI=1S/C22H28N2O2/c1-3-17(2)26-19-11-9-10-18(16-19)22(25)23-20-12-5-6-13-21(20)24-14-7-4-8-15-24/h5-6,9-13,16-17H,3-4,7-8,14-15H2,1-2H3,(H,23,25)/t17-/m1/s1. The van der Waals surface area contributed by atoms with Gasteiger partial charge in [-0.05, 0) is 62.9 Å². The minimum Gasteiger partial charge on any atom is -0.491 e. The summed E-state index contributed by atoms with van der Waals surface area (Å²) in [6.07, 6.45) is 4.76. The molecule has 1 aliphatic heterocycles. The molecule has 2 aromatic rings. The normalized spacial score (nSPS) is 15.4. The van der Waals surface area contributed by atoms with E-state index in [9.17, 15) is 4.79 Å². The van der Waals surface area contributed by atoms with Gasteiger partial charge in [-0.25, -0.2) is 0 Å². The van der Waals surface area contributed by atoms with Crippen LogP contribution >= 0.6 is 0 Å². The van der Waals surface area contributed by atoms with E-state index in [1.54, 1.807) is 0 Å². The number of rotatable bonds is 6. The molecular weight excluding hydrogens is 324 g/mol. The van der Waals surface area contributed by atoms with Gasteiger partial charge in [-0.2, -0.15) is 0 Å². The number of carbonyl (C=O) groups excluding carboxylic acids is 1. The zero-order valence-corrected chi connectivity index (χ0v) is 15.7. The lowest BCUT2D eigenvalue weighted by Crippen LogP contribution is -2.30. The molecule has 1 amide bonds. The van der Waals surface area contributed by atoms with Crippen molar-refractivity contribution < 1.29 is 9.53 Å². The Balaban J connectivity index is 1.75. The van der Waals surface area contributed by atoms with Crippen molar-refractivity contribution in [3.63, 3.8) is 0 Å². The predicted octanol–water partition coefficient (Wildman–Crippen LogP) is 5.11. The van der Waals surface area contributed by atoms with E-state index in [4.69, 9.17) is 4.74 Å². The third-order valence-electron chi connectivity index (χ3n) is 4.86. The second kappa shape index (κ2) is 8.75. The number of anilines is 2. The van der Waals surface area contributed by atoms with Crippen molar-refractivity contribution in [2.24, 2.45) is 0 Å². The number of para-hydroxylation sites is 2. The van der Waals surface area contributed by atoms with Crippen LogP contribution in [-0.4, -0.2) is 25.1 Å². The second-order valence-corrected chi connectivity index (χ2v) is 6.88. The maximum absolute atomic E-state index is 12.8. The molecule has 1 fully saturated rings. The zero-order valence-electron chi connectivity index (χ0n) is 15.7. The second-order valence-electron chi connectivity index (χ2n) is 6.88. The van der Waals surface area contributed by atoms with Crippen LogP contribution in [0.1, 0.15) is 49.9 Å². The van der Waals surface area contributed by atoms with Crippen molar-refractivity contribution in [3.8, 4) is 5.75 Å². The molecule has 0 radical (unpaired) electrons. The molecule has 3 rings (SSSR count). The molecule has 4 heteroatoms. The fourth-order valence-corrected chi connectivity index (χ4v) is 3.21. The van der Waals surface area contributed by atoms with Crippen molar-refractivity contribution in [3.05, 3.63) is 54.1 Å². The average Bonchev–Trinajstić information content (AvgIpc) is 2.69. The number of carbonyl (C=O) groups is 1. The minimum atomic E-state index is -0.107. The van der Waals surface area contributed by atoms with E-state index >= 15 is 0 Å². The summed E-state index contributed by atoms with van der Waals surface area (Å²) in [7, 11) is 0. The number of ether oxygens (including phenoxy) is 1. The molecule has 0 unspecified atom stereocenters. The fourth-order valence-electron chi connectivity index (χ4n) is 3.21. The largest absolute Gasteiger partial charge is 0.491 e. The van der Waals surface area contributed by atoms with Crippen molar-refractivity contribution in [1.82, 2.24) is 0 Å². The topological polar surface area (TPSA) is 41.6 Å². The van der Waals surface area contributed by atoms with E-state index in [1.807, 2.05) is 49.4 Å². The van der Waals surface area contributed by atoms with Gasteiger partial charge in [0.15, 0.2) is 0 Å². The Hall–Kier alpha value is -2.49. The molecule has 1 heterocycles. The quantitative estimate of drug-likeness (QED) is 0.786. The Labute approximate surface area is 156 Å². The van der Waals surface area contributed by atoms with Crippen LogP contribution in [0.25, 0.3) is 0 Å². The van der Waals surface area contributed by atoms with Crippen LogP contribution in [-0.2, 0) is 0 Å². The first-order chi connectivity index (χ1) is 12.7. The molecule has 0 bridgehead atoms. The first kappa shape index (κ1) is 18.3. The highest BCUT2D eigenvalue weighted by atomic mass is 16.5. The Morgan fingerprint density at radius 1 is 1.12 bits per heavy atom. The maximum Gasteiger partial charge on any atom is 0.255 e. The van der Waals surface area contributed by atoms with Gasteiger partial charge in [0, 0.05) is 18.7 Å². The smallest absolute Gasteiger partial charge is 0.255 e. The van der Waals surface area contributed by atoms with Crippen molar-refractivity contribution in [2.75, 3.05) is 23.3 Å². The molecule has 0 aromatic heterocycles. The molecule has 1 saturated heterocycles. The van der Waals surface area contributed by atoms with Crippen LogP contribution in [0.4, 0.5) is 11.4 Å². The number of benzene rings is 2. The van der Waals surface area contributed by atoms with Crippen molar-refractivity contribution in [1.29, 1.82) is 0 Å². The Bertz CT molecular complexity index is 738. The summed E-state index contributed by atoms with van der Waals surface area (Å²) in [6.45, 7) is 6.20. The van der Waals surface area contributed by atoms with E-state index in [0.717, 1.165) is 36.6 Å². The van der Waals surface area contributed by atoms with Gasteiger partial charge in [0.05, 0.1) is 17.5 Å². The van der Waals surface area contributed by atoms with E-state index < -0.39 is 0 Å². The number of hydrogen-bond acceptors (Lipinski definition) is 3. The molecule has 1 N–H and O–H groups in total. The van der Waals surface area contributed by atoms with Gasteiger partial charge in [-0.1, -0.05) is 25.1 Å².